The Morgan fingerprint density at radius 3 is 2.59 bits per heavy atom. The highest BCUT2D eigenvalue weighted by Gasteiger charge is 2.07. The van der Waals surface area contributed by atoms with Crippen LogP contribution in [0.25, 0.3) is 0 Å². The number of thiazole rings is 1. The van der Waals surface area contributed by atoms with Crippen LogP contribution in [-0.2, 0) is 17.6 Å². The molecule has 88 valence electrons. The lowest BCUT2D eigenvalue weighted by atomic mass is 10.1. The van der Waals surface area contributed by atoms with Gasteiger partial charge in [0, 0.05) is 23.2 Å². The number of anilines is 1. The van der Waals surface area contributed by atoms with Gasteiger partial charge in [0.1, 0.15) is 10.8 Å². The molecular formula is C13H14N2OS. The fraction of sp³-hybridized carbons (Fsp3) is 0.231. The van der Waals surface area contributed by atoms with Gasteiger partial charge in [-0.25, -0.2) is 4.98 Å². The maximum Gasteiger partial charge on any atom is 0.144 e. The quantitative estimate of drug-likeness (QED) is 0.843. The second-order valence-corrected chi connectivity index (χ2v) is 4.96. The molecule has 0 unspecified atom stereocenters. The van der Waals surface area contributed by atoms with Gasteiger partial charge in [-0.15, -0.1) is 11.3 Å². The Labute approximate surface area is 104 Å². The van der Waals surface area contributed by atoms with Gasteiger partial charge in [0.15, 0.2) is 0 Å². The summed E-state index contributed by atoms with van der Waals surface area (Å²) in [6, 6.07) is 7.41. The molecule has 17 heavy (non-hydrogen) atoms. The number of Topliss-reactive ketones (excluding diaryl/α,β-unsaturated/α-hetero) is 1. The van der Waals surface area contributed by atoms with E-state index >= 15 is 0 Å². The number of aromatic nitrogens is 1. The summed E-state index contributed by atoms with van der Waals surface area (Å²) in [7, 11) is 0. The minimum Gasteiger partial charge on any atom is -0.399 e. The minimum absolute atomic E-state index is 0.184. The number of carbonyl (C=O) groups is 1. The van der Waals surface area contributed by atoms with Crippen LogP contribution in [0.1, 0.15) is 16.3 Å². The van der Waals surface area contributed by atoms with Crippen LogP contribution >= 0.6 is 11.3 Å². The van der Waals surface area contributed by atoms with E-state index in [1.54, 1.807) is 0 Å². The fourth-order valence-electron chi connectivity index (χ4n) is 1.58. The summed E-state index contributed by atoms with van der Waals surface area (Å²) in [6.45, 7) is 1.93. The average Bonchev–Trinajstić information content (AvgIpc) is 2.67. The van der Waals surface area contributed by atoms with Crippen LogP contribution in [0.15, 0.2) is 29.6 Å². The number of hydrogen-bond acceptors (Lipinski definition) is 4. The molecule has 1 aromatic carbocycles. The summed E-state index contributed by atoms with van der Waals surface area (Å²) in [5, 5.41) is 2.86. The summed E-state index contributed by atoms with van der Waals surface area (Å²) in [4.78, 5) is 16.1. The van der Waals surface area contributed by atoms with Crippen molar-refractivity contribution in [3.63, 3.8) is 0 Å². The first-order chi connectivity index (χ1) is 8.13. The van der Waals surface area contributed by atoms with Crippen LogP contribution in [0.4, 0.5) is 5.69 Å². The second-order valence-electron chi connectivity index (χ2n) is 4.02. The summed E-state index contributed by atoms with van der Waals surface area (Å²) >= 11 is 1.54. The van der Waals surface area contributed by atoms with E-state index in [-0.39, 0.29) is 5.78 Å². The second kappa shape index (κ2) is 5.10. The Bertz CT molecular complexity index is 516. The molecule has 0 fully saturated rings. The van der Waals surface area contributed by atoms with Gasteiger partial charge < -0.3 is 5.73 Å². The van der Waals surface area contributed by atoms with Gasteiger partial charge in [-0.1, -0.05) is 12.1 Å². The fourth-order valence-corrected chi connectivity index (χ4v) is 2.38. The van der Waals surface area contributed by atoms with Crippen molar-refractivity contribution in [3.8, 4) is 0 Å². The molecule has 1 heterocycles. The molecule has 0 aliphatic carbocycles. The Hall–Kier alpha value is -1.68. The summed E-state index contributed by atoms with van der Waals surface area (Å²) < 4.78 is 0. The molecule has 0 saturated heterocycles. The van der Waals surface area contributed by atoms with E-state index in [4.69, 9.17) is 5.73 Å². The normalized spacial score (nSPS) is 10.4. The third-order valence-corrected chi connectivity index (χ3v) is 3.36. The molecule has 0 saturated carbocycles. The zero-order valence-corrected chi connectivity index (χ0v) is 10.5. The highest BCUT2D eigenvalue weighted by Crippen LogP contribution is 2.12. The molecule has 0 amide bonds. The van der Waals surface area contributed by atoms with Crippen molar-refractivity contribution in [1.82, 2.24) is 4.98 Å². The number of carbonyl (C=O) groups excluding carboxylic acids is 1. The van der Waals surface area contributed by atoms with Gasteiger partial charge in [-0.05, 0) is 24.6 Å². The lowest BCUT2D eigenvalue weighted by Crippen LogP contribution is -2.06. The Balaban J connectivity index is 1.95. The number of nitrogens with two attached hydrogens (primary N) is 1. The van der Waals surface area contributed by atoms with Crippen LogP contribution in [-0.4, -0.2) is 10.8 Å². The van der Waals surface area contributed by atoms with E-state index in [0.717, 1.165) is 22.0 Å². The number of ketones is 1. The molecule has 2 N–H and O–H groups in total. The molecular weight excluding hydrogens is 232 g/mol. The Kier molecular flexibility index (Phi) is 3.54. The van der Waals surface area contributed by atoms with Gasteiger partial charge in [0.2, 0.25) is 0 Å². The summed E-state index contributed by atoms with van der Waals surface area (Å²) in [5.74, 6) is 0.184. The number of rotatable bonds is 4. The van der Waals surface area contributed by atoms with E-state index in [9.17, 15) is 4.79 Å². The predicted octanol–water partition coefficient (Wildman–Crippen LogP) is 2.39. The van der Waals surface area contributed by atoms with Crippen LogP contribution in [0.2, 0.25) is 0 Å². The molecule has 0 spiro atoms. The van der Waals surface area contributed by atoms with Crippen LogP contribution in [0.3, 0.4) is 0 Å². The molecule has 3 nitrogen and oxygen atoms in total. The first-order valence-corrected chi connectivity index (χ1v) is 6.28. The highest BCUT2D eigenvalue weighted by atomic mass is 32.1. The average molecular weight is 246 g/mol. The zero-order valence-electron chi connectivity index (χ0n) is 9.64. The maximum absolute atomic E-state index is 11.8. The topological polar surface area (TPSA) is 56.0 Å². The zero-order chi connectivity index (χ0) is 12.3. The minimum atomic E-state index is 0.184. The number of nitrogen functional groups attached to an aromatic ring is 1. The molecule has 0 atom stereocenters. The molecule has 0 aliphatic rings. The number of hydrogen-bond donors (Lipinski definition) is 1. The third kappa shape index (κ3) is 3.39. The molecule has 0 radical (unpaired) electrons. The van der Waals surface area contributed by atoms with Crippen molar-refractivity contribution in [2.24, 2.45) is 0 Å². The van der Waals surface area contributed by atoms with Crippen molar-refractivity contribution < 1.29 is 4.79 Å². The first-order valence-electron chi connectivity index (χ1n) is 5.40. The van der Waals surface area contributed by atoms with E-state index < -0.39 is 0 Å². The SMILES string of the molecule is Cc1csc(CC(=O)Cc2ccc(N)cc2)n1. The van der Waals surface area contributed by atoms with Crippen molar-refractivity contribution in [2.45, 2.75) is 19.8 Å². The number of aryl methyl sites for hydroxylation is 1. The molecule has 0 bridgehead atoms. The summed E-state index contributed by atoms with van der Waals surface area (Å²) in [6.07, 6.45) is 0.863. The van der Waals surface area contributed by atoms with Crippen molar-refractivity contribution >= 4 is 22.8 Å². The number of benzene rings is 1. The molecule has 1 aromatic heterocycles. The van der Waals surface area contributed by atoms with Gasteiger partial charge in [0.05, 0.1) is 6.42 Å². The maximum atomic E-state index is 11.8. The van der Waals surface area contributed by atoms with E-state index in [0.29, 0.717) is 12.8 Å². The first kappa shape index (κ1) is 11.8. The van der Waals surface area contributed by atoms with Gasteiger partial charge >= 0.3 is 0 Å². The monoisotopic (exact) mass is 246 g/mol. The number of nitrogens with zero attached hydrogens (tertiary/aromatic N) is 1. The molecule has 2 aromatic rings. The van der Waals surface area contributed by atoms with E-state index in [2.05, 4.69) is 4.98 Å². The lowest BCUT2D eigenvalue weighted by molar-refractivity contribution is -0.117. The summed E-state index contributed by atoms with van der Waals surface area (Å²) in [5.41, 5.74) is 8.28. The van der Waals surface area contributed by atoms with Crippen molar-refractivity contribution in [3.05, 3.63) is 45.9 Å². The smallest absolute Gasteiger partial charge is 0.144 e. The van der Waals surface area contributed by atoms with E-state index in [1.807, 2.05) is 36.6 Å². The largest absolute Gasteiger partial charge is 0.399 e. The van der Waals surface area contributed by atoms with Crippen LogP contribution in [0.5, 0.6) is 0 Å². The standard InChI is InChI=1S/C13H14N2OS/c1-9-8-17-13(15-9)7-12(16)6-10-2-4-11(14)5-3-10/h2-5,8H,6-7,14H2,1H3. The predicted molar refractivity (Wildman–Crippen MR) is 70.1 cm³/mol. The van der Waals surface area contributed by atoms with Crippen LogP contribution in [0, 0.1) is 6.92 Å². The lowest BCUT2D eigenvalue weighted by Gasteiger charge is -2.00. The highest BCUT2D eigenvalue weighted by molar-refractivity contribution is 7.09. The Morgan fingerprint density at radius 1 is 1.29 bits per heavy atom. The van der Waals surface area contributed by atoms with Crippen LogP contribution < -0.4 is 5.73 Å². The van der Waals surface area contributed by atoms with E-state index in [1.165, 1.54) is 11.3 Å². The third-order valence-electron chi connectivity index (χ3n) is 2.40. The van der Waals surface area contributed by atoms with Gasteiger partial charge in [0.25, 0.3) is 0 Å². The van der Waals surface area contributed by atoms with Crippen molar-refractivity contribution in [2.75, 3.05) is 5.73 Å². The molecule has 0 aliphatic heterocycles. The molecule has 2 rings (SSSR count). The molecule has 4 heteroatoms. The Morgan fingerprint density at radius 2 is 2.00 bits per heavy atom. The van der Waals surface area contributed by atoms with Gasteiger partial charge in [-0.3, -0.25) is 4.79 Å². The van der Waals surface area contributed by atoms with Gasteiger partial charge in [-0.2, -0.15) is 0 Å². The van der Waals surface area contributed by atoms with Crippen molar-refractivity contribution in [1.29, 1.82) is 0 Å².